The summed E-state index contributed by atoms with van der Waals surface area (Å²) in [6, 6.07) is 12.9. The van der Waals surface area contributed by atoms with Crippen molar-refractivity contribution in [2.24, 2.45) is 4.99 Å². The number of amidine groups is 1. The zero-order valence-electron chi connectivity index (χ0n) is 18.7. The lowest BCUT2D eigenvalue weighted by molar-refractivity contribution is -0.124. The van der Waals surface area contributed by atoms with Crippen LogP contribution in [0.5, 0.6) is 0 Å². The molecule has 1 saturated heterocycles. The van der Waals surface area contributed by atoms with E-state index in [-0.39, 0.29) is 5.91 Å². The molecule has 0 radical (unpaired) electrons. The summed E-state index contributed by atoms with van der Waals surface area (Å²) < 4.78 is 1.21. The fourth-order valence-corrected chi connectivity index (χ4v) is 8.19. The molecule has 1 aromatic carbocycles. The van der Waals surface area contributed by atoms with E-state index in [4.69, 9.17) is 16.6 Å². The molecule has 0 N–H and O–H groups in total. The van der Waals surface area contributed by atoms with E-state index in [1.165, 1.54) is 42.7 Å². The van der Waals surface area contributed by atoms with E-state index < -0.39 is 0 Å². The summed E-state index contributed by atoms with van der Waals surface area (Å²) >= 11 is 11.1. The zero-order valence-corrected chi connectivity index (χ0v) is 21.9. The van der Waals surface area contributed by atoms with Crippen LogP contribution in [0.2, 0.25) is 5.02 Å². The van der Waals surface area contributed by atoms with Crippen LogP contribution in [0.1, 0.15) is 69.1 Å². The van der Waals surface area contributed by atoms with Crippen molar-refractivity contribution in [3.05, 3.63) is 51.2 Å². The van der Waals surface area contributed by atoms with Crippen LogP contribution in [0.15, 0.2) is 55.4 Å². The third kappa shape index (κ3) is 5.90. The van der Waals surface area contributed by atoms with Gasteiger partial charge in [0, 0.05) is 20.8 Å². The number of thioether (sulfide) groups is 1. The van der Waals surface area contributed by atoms with Gasteiger partial charge in [0.15, 0.2) is 5.17 Å². The molecule has 174 valence electrons. The molecule has 2 aliphatic carbocycles. The molecule has 0 spiro atoms. The topological polar surface area (TPSA) is 32.7 Å². The second-order valence-electron chi connectivity index (χ2n) is 8.99. The van der Waals surface area contributed by atoms with E-state index in [9.17, 15) is 4.79 Å². The summed E-state index contributed by atoms with van der Waals surface area (Å²) in [6.07, 6.45) is 14.1. The van der Waals surface area contributed by atoms with Crippen molar-refractivity contribution in [1.82, 2.24) is 4.90 Å². The lowest BCUT2D eigenvalue weighted by Crippen LogP contribution is -2.41. The van der Waals surface area contributed by atoms with E-state index in [0.29, 0.717) is 12.1 Å². The number of benzene rings is 1. The van der Waals surface area contributed by atoms with Gasteiger partial charge >= 0.3 is 0 Å². The maximum absolute atomic E-state index is 13.5. The molecule has 2 aromatic rings. The van der Waals surface area contributed by atoms with Crippen molar-refractivity contribution in [3.8, 4) is 0 Å². The van der Waals surface area contributed by atoms with Gasteiger partial charge in [0.05, 0.1) is 15.2 Å². The van der Waals surface area contributed by atoms with Gasteiger partial charge in [-0.15, -0.1) is 11.3 Å². The highest BCUT2D eigenvalue weighted by molar-refractivity contribution is 8.18. The van der Waals surface area contributed by atoms with Crippen LogP contribution < -0.4 is 0 Å². The number of hydrogen-bond donors (Lipinski definition) is 0. The van der Waals surface area contributed by atoms with Gasteiger partial charge in [0.2, 0.25) is 0 Å². The van der Waals surface area contributed by atoms with E-state index in [1.54, 1.807) is 34.9 Å². The van der Waals surface area contributed by atoms with Crippen molar-refractivity contribution in [2.75, 3.05) is 0 Å². The van der Waals surface area contributed by atoms with Gasteiger partial charge in [0.1, 0.15) is 0 Å². The van der Waals surface area contributed by atoms with E-state index >= 15 is 0 Å². The Bertz CT molecular complexity index is 1030. The summed E-state index contributed by atoms with van der Waals surface area (Å²) in [4.78, 5) is 23.8. The standard InChI is InChI=1S/C26H29ClN2OS3/c27-18-11-13-21(14-12-18)31-24-16-15-22(32-24)17-23-25(30)29(20-9-5-2-6-10-20)26(33-23)28-19-7-3-1-4-8-19/h11-17,19-20H,1-10H2. The van der Waals surface area contributed by atoms with E-state index in [1.807, 2.05) is 24.3 Å². The van der Waals surface area contributed by atoms with Crippen LogP contribution in [0.4, 0.5) is 0 Å². The summed E-state index contributed by atoms with van der Waals surface area (Å²) in [5.41, 5.74) is 0. The second kappa shape index (κ2) is 11.0. The van der Waals surface area contributed by atoms with Crippen LogP contribution >= 0.6 is 46.5 Å². The second-order valence-corrected chi connectivity index (χ2v) is 12.9. The Hall–Kier alpha value is -1.21. The van der Waals surface area contributed by atoms with Gasteiger partial charge in [-0.3, -0.25) is 14.7 Å². The monoisotopic (exact) mass is 516 g/mol. The minimum Gasteiger partial charge on any atom is -0.284 e. The highest BCUT2D eigenvalue weighted by Crippen LogP contribution is 2.40. The first kappa shape index (κ1) is 23.5. The predicted molar refractivity (Wildman–Crippen MR) is 143 cm³/mol. The summed E-state index contributed by atoms with van der Waals surface area (Å²) in [6.45, 7) is 0. The molecule has 1 aliphatic heterocycles. The highest BCUT2D eigenvalue weighted by Gasteiger charge is 2.39. The molecule has 33 heavy (non-hydrogen) atoms. The molecule has 0 unspecified atom stereocenters. The van der Waals surface area contributed by atoms with Crippen molar-refractivity contribution < 1.29 is 4.79 Å². The van der Waals surface area contributed by atoms with Crippen LogP contribution in [0.3, 0.4) is 0 Å². The minimum absolute atomic E-state index is 0.154. The van der Waals surface area contributed by atoms with Crippen LogP contribution in [0, 0.1) is 0 Å². The molecule has 1 aromatic heterocycles. The first-order valence-electron chi connectivity index (χ1n) is 12.0. The van der Waals surface area contributed by atoms with Gasteiger partial charge in [-0.05, 0) is 79.9 Å². The highest BCUT2D eigenvalue weighted by atomic mass is 35.5. The normalized spacial score (nSPS) is 23.2. The largest absolute Gasteiger partial charge is 0.284 e. The molecular formula is C26H29ClN2OS3. The molecule has 0 atom stereocenters. The number of carbonyl (C=O) groups excluding carboxylic acids is 1. The van der Waals surface area contributed by atoms with E-state index in [2.05, 4.69) is 23.1 Å². The number of rotatable bonds is 5. The summed E-state index contributed by atoms with van der Waals surface area (Å²) in [7, 11) is 0. The maximum Gasteiger partial charge on any atom is 0.267 e. The van der Waals surface area contributed by atoms with Crippen molar-refractivity contribution in [3.63, 3.8) is 0 Å². The molecule has 7 heteroatoms. The smallest absolute Gasteiger partial charge is 0.267 e. The lowest BCUT2D eigenvalue weighted by atomic mass is 9.94. The Balaban J connectivity index is 1.36. The minimum atomic E-state index is 0.154. The van der Waals surface area contributed by atoms with Crippen molar-refractivity contribution in [1.29, 1.82) is 0 Å². The fourth-order valence-electron chi connectivity index (χ4n) is 4.82. The first-order chi connectivity index (χ1) is 16.2. The summed E-state index contributed by atoms with van der Waals surface area (Å²) in [5.74, 6) is 0.154. The molecule has 3 aliphatic rings. The molecule has 1 amide bonds. The van der Waals surface area contributed by atoms with Gasteiger partial charge in [-0.25, -0.2) is 0 Å². The third-order valence-corrected chi connectivity index (χ3v) is 9.97. The number of nitrogens with zero attached hydrogens (tertiary/aromatic N) is 2. The zero-order chi connectivity index (χ0) is 22.6. The average Bonchev–Trinajstić information content (AvgIpc) is 3.40. The van der Waals surface area contributed by atoms with Crippen molar-refractivity contribution >= 4 is 63.6 Å². The Morgan fingerprint density at radius 2 is 1.64 bits per heavy atom. The number of hydrogen-bond acceptors (Lipinski definition) is 5. The number of thiophene rings is 1. The Kier molecular flexibility index (Phi) is 7.86. The third-order valence-electron chi connectivity index (χ3n) is 6.55. The number of amides is 1. The molecule has 3 nitrogen and oxygen atoms in total. The molecule has 2 saturated carbocycles. The predicted octanol–water partition coefficient (Wildman–Crippen LogP) is 8.49. The Labute approximate surface area is 214 Å². The lowest BCUT2D eigenvalue weighted by Gasteiger charge is -2.31. The van der Waals surface area contributed by atoms with Crippen LogP contribution in [-0.2, 0) is 4.79 Å². The van der Waals surface area contributed by atoms with Gasteiger partial charge < -0.3 is 0 Å². The van der Waals surface area contributed by atoms with E-state index in [0.717, 1.165) is 50.6 Å². The molecule has 2 heterocycles. The van der Waals surface area contributed by atoms with Gasteiger partial charge in [0.25, 0.3) is 5.91 Å². The SMILES string of the molecule is O=C1C(=Cc2ccc(Sc3ccc(Cl)cc3)s2)SC(=NC2CCCCC2)N1C1CCCCC1. The van der Waals surface area contributed by atoms with Crippen LogP contribution in [-0.4, -0.2) is 28.1 Å². The fraction of sp³-hybridized carbons (Fsp3) is 0.462. The number of aliphatic imine (C=N–C) groups is 1. The summed E-state index contributed by atoms with van der Waals surface area (Å²) in [5, 5.41) is 1.71. The number of halogens is 1. The quantitative estimate of drug-likeness (QED) is 0.373. The van der Waals surface area contributed by atoms with Gasteiger partial charge in [-0.1, -0.05) is 61.9 Å². The number of carbonyl (C=O) groups is 1. The maximum atomic E-state index is 13.5. The van der Waals surface area contributed by atoms with Crippen molar-refractivity contribution in [2.45, 2.75) is 85.4 Å². The molecular weight excluding hydrogens is 488 g/mol. The Morgan fingerprint density at radius 3 is 2.36 bits per heavy atom. The molecule has 0 bridgehead atoms. The Morgan fingerprint density at radius 1 is 0.939 bits per heavy atom. The average molecular weight is 517 g/mol. The van der Waals surface area contributed by atoms with Crippen LogP contribution in [0.25, 0.3) is 6.08 Å². The van der Waals surface area contributed by atoms with Gasteiger partial charge in [-0.2, -0.15) is 0 Å². The first-order valence-corrected chi connectivity index (χ1v) is 14.8. The molecule has 3 fully saturated rings. The molecule has 5 rings (SSSR count).